The van der Waals surface area contributed by atoms with Gasteiger partial charge in [-0.2, -0.15) is 4.89 Å². The number of hydrogen-bond acceptors (Lipinski definition) is 3. The lowest BCUT2D eigenvalue weighted by Crippen LogP contribution is -2.02. The molecule has 0 aromatic carbocycles. The van der Waals surface area contributed by atoms with Gasteiger partial charge in [0, 0.05) is 6.42 Å². The van der Waals surface area contributed by atoms with Gasteiger partial charge in [0.05, 0.1) is 7.11 Å². The standard InChI is InChI=1S/C10H20O3/c1-3-4-5-6-7-8-9-10(11)13-12-2/h3-9H2,1-2H3. The predicted octanol–water partition coefficient (Wildman–Crippen LogP) is 2.84. The summed E-state index contributed by atoms with van der Waals surface area (Å²) in [7, 11) is 1.35. The molecular weight excluding hydrogens is 168 g/mol. The summed E-state index contributed by atoms with van der Waals surface area (Å²) in [5, 5.41) is 0. The summed E-state index contributed by atoms with van der Waals surface area (Å²) >= 11 is 0. The van der Waals surface area contributed by atoms with Crippen molar-refractivity contribution in [1.82, 2.24) is 0 Å². The molecule has 0 amide bonds. The van der Waals surface area contributed by atoms with Crippen LogP contribution in [0.2, 0.25) is 0 Å². The molecule has 0 saturated heterocycles. The van der Waals surface area contributed by atoms with E-state index in [-0.39, 0.29) is 5.97 Å². The second-order valence-electron chi connectivity index (χ2n) is 3.14. The third-order valence-electron chi connectivity index (χ3n) is 1.91. The first-order valence-electron chi connectivity index (χ1n) is 5.04. The zero-order valence-electron chi connectivity index (χ0n) is 8.67. The van der Waals surface area contributed by atoms with Crippen LogP contribution >= 0.6 is 0 Å². The predicted molar refractivity (Wildman–Crippen MR) is 51.1 cm³/mol. The minimum atomic E-state index is -0.266. The van der Waals surface area contributed by atoms with Crippen molar-refractivity contribution in [2.75, 3.05) is 7.11 Å². The van der Waals surface area contributed by atoms with Crippen LogP contribution in [-0.2, 0) is 14.6 Å². The fraction of sp³-hybridized carbons (Fsp3) is 0.900. The molecule has 0 bridgehead atoms. The SMILES string of the molecule is CCCCCCCCC(=O)OOC. The number of hydrogen-bond donors (Lipinski definition) is 0. The van der Waals surface area contributed by atoms with Gasteiger partial charge < -0.3 is 0 Å². The van der Waals surface area contributed by atoms with E-state index in [4.69, 9.17) is 0 Å². The minimum Gasteiger partial charge on any atom is -0.299 e. The highest BCUT2D eigenvalue weighted by molar-refractivity contribution is 5.68. The Morgan fingerprint density at radius 3 is 2.31 bits per heavy atom. The Balaban J connectivity index is 3.02. The molecule has 0 unspecified atom stereocenters. The zero-order chi connectivity index (χ0) is 9.94. The van der Waals surface area contributed by atoms with Crippen molar-refractivity contribution in [3.8, 4) is 0 Å². The van der Waals surface area contributed by atoms with E-state index in [1.807, 2.05) is 0 Å². The highest BCUT2D eigenvalue weighted by Gasteiger charge is 2.01. The molecule has 0 atom stereocenters. The van der Waals surface area contributed by atoms with E-state index in [9.17, 15) is 4.79 Å². The number of carbonyl (C=O) groups is 1. The van der Waals surface area contributed by atoms with E-state index in [1.54, 1.807) is 0 Å². The average Bonchev–Trinajstić information content (AvgIpc) is 2.11. The molecule has 0 aliphatic carbocycles. The third kappa shape index (κ3) is 9.34. The van der Waals surface area contributed by atoms with Crippen molar-refractivity contribution in [3.63, 3.8) is 0 Å². The lowest BCUT2D eigenvalue weighted by molar-refractivity contribution is -0.255. The maximum absolute atomic E-state index is 10.8. The second-order valence-corrected chi connectivity index (χ2v) is 3.14. The van der Waals surface area contributed by atoms with Crippen LogP contribution in [0.1, 0.15) is 51.9 Å². The second kappa shape index (κ2) is 9.52. The molecule has 0 aliphatic heterocycles. The molecule has 3 nitrogen and oxygen atoms in total. The largest absolute Gasteiger partial charge is 0.342 e. The maximum Gasteiger partial charge on any atom is 0.342 e. The molecule has 0 fully saturated rings. The van der Waals surface area contributed by atoms with Crippen LogP contribution in [0.3, 0.4) is 0 Å². The Bertz CT molecular complexity index is 123. The topological polar surface area (TPSA) is 35.5 Å². The Kier molecular flexibility index (Phi) is 9.10. The highest BCUT2D eigenvalue weighted by atomic mass is 17.2. The van der Waals surface area contributed by atoms with E-state index < -0.39 is 0 Å². The molecule has 0 saturated carbocycles. The molecule has 0 aromatic rings. The number of rotatable bonds is 8. The van der Waals surface area contributed by atoms with Crippen LogP contribution in [0.4, 0.5) is 0 Å². The van der Waals surface area contributed by atoms with Crippen LogP contribution in [0.15, 0.2) is 0 Å². The van der Waals surface area contributed by atoms with Gasteiger partial charge in [0.25, 0.3) is 0 Å². The summed E-state index contributed by atoms with van der Waals surface area (Å²) in [5.74, 6) is -0.266. The van der Waals surface area contributed by atoms with Gasteiger partial charge in [0.1, 0.15) is 0 Å². The van der Waals surface area contributed by atoms with Crippen LogP contribution in [0, 0.1) is 0 Å². The molecule has 3 heteroatoms. The van der Waals surface area contributed by atoms with Crippen molar-refractivity contribution in [3.05, 3.63) is 0 Å². The van der Waals surface area contributed by atoms with Gasteiger partial charge in [-0.05, 0) is 6.42 Å². The smallest absolute Gasteiger partial charge is 0.299 e. The Morgan fingerprint density at radius 1 is 1.08 bits per heavy atom. The van der Waals surface area contributed by atoms with E-state index in [0.717, 1.165) is 12.8 Å². The maximum atomic E-state index is 10.8. The third-order valence-corrected chi connectivity index (χ3v) is 1.91. The van der Waals surface area contributed by atoms with Crippen molar-refractivity contribution in [2.45, 2.75) is 51.9 Å². The van der Waals surface area contributed by atoms with E-state index in [0.29, 0.717) is 6.42 Å². The quantitative estimate of drug-likeness (QED) is 0.334. The average molecular weight is 188 g/mol. The van der Waals surface area contributed by atoms with Crippen molar-refractivity contribution in [1.29, 1.82) is 0 Å². The number of carbonyl (C=O) groups excluding carboxylic acids is 1. The summed E-state index contributed by atoms with van der Waals surface area (Å²) in [4.78, 5) is 19.4. The first kappa shape index (κ1) is 12.4. The first-order valence-corrected chi connectivity index (χ1v) is 5.04. The Labute approximate surface area is 80.3 Å². The van der Waals surface area contributed by atoms with Gasteiger partial charge in [0.2, 0.25) is 0 Å². The molecule has 13 heavy (non-hydrogen) atoms. The number of unbranched alkanes of at least 4 members (excludes halogenated alkanes) is 5. The summed E-state index contributed by atoms with van der Waals surface area (Å²) in [6.07, 6.45) is 7.53. The van der Waals surface area contributed by atoms with E-state index >= 15 is 0 Å². The normalized spacial score (nSPS) is 10.0. The fourth-order valence-electron chi connectivity index (χ4n) is 1.18. The zero-order valence-corrected chi connectivity index (χ0v) is 8.67. The minimum absolute atomic E-state index is 0.266. The van der Waals surface area contributed by atoms with Crippen molar-refractivity contribution in [2.24, 2.45) is 0 Å². The molecule has 0 spiro atoms. The molecule has 0 aromatic heterocycles. The molecule has 0 N–H and O–H groups in total. The Morgan fingerprint density at radius 2 is 1.69 bits per heavy atom. The van der Waals surface area contributed by atoms with E-state index in [2.05, 4.69) is 16.7 Å². The first-order chi connectivity index (χ1) is 6.31. The van der Waals surface area contributed by atoms with Gasteiger partial charge in [-0.1, -0.05) is 39.0 Å². The van der Waals surface area contributed by atoms with Crippen molar-refractivity contribution >= 4 is 5.97 Å². The van der Waals surface area contributed by atoms with Crippen LogP contribution in [0.5, 0.6) is 0 Å². The van der Waals surface area contributed by atoms with Crippen molar-refractivity contribution < 1.29 is 14.6 Å². The summed E-state index contributed by atoms with van der Waals surface area (Å²) in [6.45, 7) is 2.19. The van der Waals surface area contributed by atoms with Gasteiger partial charge in [-0.25, -0.2) is 4.79 Å². The van der Waals surface area contributed by atoms with Crippen LogP contribution < -0.4 is 0 Å². The lowest BCUT2D eigenvalue weighted by Gasteiger charge is -2.00. The molecule has 0 radical (unpaired) electrons. The van der Waals surface area contributed by atoms with Gasteiger partial charge in [0.15, 0.2) is 0 Å². The molecule has 0 aliphatic rings. The summed E-state index contributed by atoms with van der Waals surface area (Å²) < 4.78 is 0. The fourth-order valence-corrected chi connectivity index (χ4v) is 1.18. The molecule has 0 heterocycles. The lowest BCUT2D eigenvalue weighted by atomic mass is 10.1. The van der Waals surface area contributed by atoms with Gasteiger partial charge in [-0.3, -0.25) is 4.89 Å². The molecular formula is C10H20O3. The van der Waals surface area contributed by atoms with Crippen LogP contribution in [0.25, 0.3) is 0 Å². The summed E-state index contributed by atoms with van der Waals surface area (Å²) in [5.41, 5.74) is 0. The van der Waals surface area contributed by atoms with E-state index in [1.165, 1.54) is 32.8 Å². The van der Waals surface area contributed by atoms with Gasteiger partial charge >= 0.3 is 5.97 Å². The molecule has 78 valence electrons. The monoisotopic (exact) mass is 188 g/mol. The molecule has 0 rings (SSSR count). The summed E-state index contributed by atoms with van der Waals surface area (Å²) in [6, 6.07) is 0. The Hall–Kier alpha value is -0.570. The van der Waals surface area contributed by atoms with Gasteiger partial charge in [-0.15, -0.1) is 0 Å². The van der Waals surface area contributed by atoms with Crippen LogP contribution in [-0.4, -0.2) is 13.1 Å². The highest BCUT2D eigenvalue weighted by Crippen LogP contribution is 2.07.